The van der Waals surface area contributed by atoms with E-state index in [-0.39, 0.29) is 54.5 Å². The van der Waals surface area contributed by atoms with Gasteiger partial charge >= 0.3 is 0 Å². The van der Waals surface area contributed by atoms with Gasteiger partial charge in [0, 0.05) is 62.0 Å². The molecule has 12 nitrogen and oxygen atoms in total. The normalized spacial score (nSPS) is 19.8. The number of piperidine rings is 1. The summed E-state index contributed by atoms with van der Waals surface area (Å²) in [5, 5.41) is 6.31. The Balaban J connectivity index is 0.000000227. The van der Waals surface area contributed by atoms with Gasteiger partial charge in [-0.15, -0.1) is 0 Å². The fraction of sp³-hybridized carbons (Fsp3) is 0.522. The van der Waals surface area contributed by atoms with Gasteiger partial charge in [-0.25, -0.2) is 0 Å². The van der Waals surface area contributed by atoms with Gasteiger partial charge in [-0.05, 0) is 107 Å². The number of hydrogen-bond acceptors (Lipinski definition) is 8. The second-order valence-corrected chi connectivity index (χ2v) is 16.1. The number of fused-ring (bicyclic) bond motifs is 2. The van der Waals surface area contributed by atoms with Crippen LogP contribution >= 0.6 is 0 Å². The molecule has 3 aromatic rings. The molecule has 4 aliphatic rings. The highest BCUT2D eigenvalue weighted by Crippen LogP contribution is 2.36. The van der Waals surface area contributed by atoms with E-state index in [1.807, 2.05) is 43.1 Å². The van der Waals surface area contributed by atoms with Crippen molar-refractivity contribution in [2.24, 2.45) is 23.7 Å². The van der Waals surface area contributed by atoms with Crippen molar-refractivity contribution in [1.82, 2.24) is 25.4 Å². The van der Waals surface area contributed by atoms with Crippen molar-refractivity contribution in [2.45, 2.75) is 71.8 Å². The van der Waals surface area contributed by atoms with Gasteiger partial charge in [-0.2, -0.15) is 0 Å². The molecule has 12 heteroatoms. The van der Waals surface area contributed by atoms with E-state index in [9.17, 15) is 19.2 Å². The van der Waals surface area contributed by atoms with Crippen LogP contribution in [-0.4, -0.2) is 105 Å². The summed E-state index contributed by atoms with van der Waals surface area (Å²) in [4.78, 5) is 55.9. The minimum absolute atomic E-state index is 0.0251. The summed E-state index contributed by atoms with van der Waals surface area (Å²) in [6.07, 6.45) is 17.4. The zero-order chi connectivity index (χ0) is 41.6. The van der Waals surface area contributed by atoms with Gasteiger partial charge in [-0.1, -0.05) is 37.1 Å². The number of amides is 3. The second kappa shape index (κ2) is 21.6. The van der Waals surface area contributed by atoms with Gasteiger partial charge in [-0.3, -0.25) is 19.2 Å². The summed E-state index contributed by atoms with van der Waals surface area (Å²) in [5.41, 5.74) is 4.12. The zero-order valence-corrected chi connectivity index (χ0v) is 35.2. The lowest BCUT2D eigenvalue weighted by atomic mass is 9.79. The minimum atomic E-state index is -0.318. The average molecular weight is 798 g/mol. The van der Waals surface area contributed by atoms with Crippen LogP contribution in [0.4, 0.5) is 0 Å². The Kier molecular flexibility index (Phi) is 16.4. The van der Waals surface area contributed by atoms with Crippen LogP contribution in [0.15, 0.2) is 66.4 Å². The van der Waals surface area contributed by atoms with E-state index in [0.717, 1.165) is 48.2 Å². The third-order valence-electron chi connectivity index (χ3n) is 11.1. The van der Waals surface area contributed by atoms with E-state index in [1.165, 1.54) is 38.5 Å². The maximum Gasteiger partial charge on any atom is 0.239 e. The van der Waals surface area contributed by atoms with Gasteiger partial charge in [0.15, 0.2) is 11.5 Å². The van der Waals surface area contributed by atoms with Crippen LogP contribution in [0.1, 0.15) is 75.2 Å². The highest BCUT2D eigenvalue weighted by atomic mass is 16.5. The molecule has 3 fully saturated rings. The zero-order valence-electron chi connectivity index (χ0n) is 35.2. The summed E-state index contributed by atoms with van der Waals surface area (Å²) in [6, 6.07) is 11.1. The Hall–Kier alpha value is -5.10. The summed E-state index contributed by atoms with van der Waals surface area (Å²) < 4.78 is 16.5. The average Bonchev–Trinajstić information content (AvgIpc) is 3.87. The van der Waals surface area contributed by atoms with Crippen molar-refractivity contribution in [3.8, 4) is 17.2 Å². The Morgan fingerprint density at radius 2 is 1.84 bits per heavy atom. The SMILES string of the molecule is CCCC1=CC=CCC1.CNC(=O)CNC(=O)C1CN(C(=O)Cc2c[nH]c3cc(OCC4CC4)ccc23)CC2CN(C)CC21.COc1cc(C=O)ccc1OC(C)C. The number of nitrogens with one attached hydrogen (secondary N) is 3. The molecule has 3 atom stereocenters. The molecule has 0 bridgehead atoms. The maximum absolute atomic E-state index is 13.4. The van der Waals surface area contributed by atoms with Crippen LogP contribution in [0.5, 0.6) is 17.2 Å². The van der Waals surface area contributed by atoms with E-state index in [0.29, 0.717) is 36.1 Å². The van der Waals surface area contributed by atoms with Crippen LogP contribution in [0.25, 0.3) is 10.9 Å². The molecular weight excluding hydrogens is 735 g/mol. The molecule has 2 saturated heterocycles. The van der Waals surface area contributed by atoms with E-state index in [1.54, 1.807) is 37.9 Å². The van der Waals surface area contributed by atoms with Crippen LogP contribution in [-0.2, 0) is 20.8 Å². The molecule has 7 rings (SSSR count). The number of ether oxygens (including phenoxy) is 3. The highest BCUT2D eigenvalue weighted by Gasteiger charge is 2.45. The molecule has 1 aromatic heterocycles. The number of benzene rings is 2. The molecule has 1 saturated carbocycles. The number of H-pyrrole nitrogens is 1. The topological polar surface area (TPSA) is 142 Å². The predicted molar refractivity (Wildman–Crippen MR) is 227 cm³/mol. The lowest BCUT2D eigenvalue weighted by Gasteiger charge is -2.39. The number of carbonyl (C=O) groups excluding carboxylic acids is 4. The van der Waals surface area contributed by atoms with Crippen molar-refractivity contribution in [1.29, 1.82) is 0 Å². The van der Waals surface area contributed by atoms with Gasteiger partial charge < -0.3 is 39.6 Å². The summed E-state index contributed by atoms with van der Waals surface area (Å²) in [6.45, 7) is 9.57. The third-order valence-corrected chi connectivity index (χ3v) is 11.1. The molecule has 3 unspecified atom stereocenters. The number of likely N-dealkylation sites (N-methyl/N-ethyl adjacent to an activating group) is 1. The number of allylic oxidation sites excluding steroid dienone is 4. The van der Waals surface area contributed by atoms with Crippen molar-refractivity contribution in [3.05, 3.63) is 77.5 Å². The van der Waals surface area contributed by atoms with Gasteiger partial charge in [0.25, 0.3) is 0 Å². The fourth-order valence-electron chi connectivity index (χ4n) is 7.83. The number of carbonyl (C=O) groups is 4. The molecule has 0 radical (unpaired) electrons. The lowest BCUT2D eigenvalue weighted by Crippen LogP contribution is -2.54. The van der Waals surface area contributed by atoms with Gasteiger partial charge in [0.05, 0.1) is 38.7 Å². The first-order chi connectivity index (χ1) is 28.0. The Bertz CT molecular complexity index is 1910. The number of aromatic amines is 1. The molecule has 3 heterocycles. The second-order valence-electron chi connectivity index (χ2n) is 16.1. The van der Waals surface area contributed by atoms with Crippen molar-refractivity contribution >= 4 is 34.9 Å². The highest BCUT2D eigenvalue weighted by molar-refractivity contribution is 5.90. The van der Waals surface area contributed by atoms with Gasteiger partial charge in [0.2, 0.25) is 17.7 Å². The fourth-order valence-corrected chi connectivity index (χ4v) is 7.83. The van der Waals surface area contributed by atoms with Crippen molar-refractivity contribution in [2.75, 3.05) is 60.5 Å². The molecule has 2 aliphatic carbocycles. The summed E-state index contributed by atoms with van der Waals surface area (Å²) in [7, 11) is 5.15. The van der Waals surface area contributed by atoms with Crippen LogP contribution in [0.3, 0.4) is 0 Å². The number of rotatable bonds is 14. The van der Waals surface area contributed by atoms with E-state index >= 15 is 0 Å². The number of likely N-dealkylation sites (tertiary alicyclic amines) is 2. The predicted octanol–water partition coefficient (Wildman–Crippen LogP) is 6.36. The first-order valence-corrected chi connectivity index (χ1v) is 20.8. The molecule has 3 amide bonds. The van der Waals surface area contributed by atoms with Crippen LogP contribution in [0.2, 0.25) is 0 Å². The van der Waals surface area contributed by atoms with Crippen molar-refractivity contribution in [3.63, 3.8) is 0 Å². The quantitative estimate of drug-likeness (QED) is 0.160. The Labute approximate surface area is 343 Å². The number of hydrogen-bond donors (Lipinski definition) is 3. The molecule has 58 heavy (non-hydrogen) atoms. The van der Waals surface area contributed by atoms with E-state index < -0.39 is 0 Å². The number of nitrogens with zero attached hydrogens (tertiary/aromatic N) is 2. The van der Waals surface area contributed by atoms with Crippen LogP contribution in [0, 0.1) is 23.7 Å². The molecule has 2 aromatic carbocycles. The van der Waals surface area contributed by atoms with Crippen molar-refractivity contribution < 1.29 is 33.4 Å². The summed E-state index contributed by atoms with van der Waals surface area (Å²) in [5.74, 6) is 2.56. The molecule has 2 aliphatic heterocycles. The first-order valence-electron chi connectivity index (χ1n) is 20.8. The third kappa shape index (κ3) is 12.7. The smallest absolute Gasteiger partial charge is 0.239 e. The first kappa shape index (κ1) is 44.0. The van der Waals surface area contributed by atoms with Gasteiger partial charge in [0.1, 0.15) is 12.0 Å². The molecule has 0 spiro atoms. The standard InChI is InChI=1S/C26H35N5O4.C11H14O3.C9H14/c1-27-24(32)10-29-26(34)22-14-31(12-18-11-30(2)13-21(18)22)25(33)7-17-9-28-23-8-19(5-6-20(17)23)35-15-16-3-4-16;1-8(2)14-10-5-4-9(7-12)6-11(10)13-3;1-2-6-9-7-4-3-5-8-9/h5-6,8-9,16,18,21-22,28H,3-4,7,10-15H2,1-2H3,(H,27,32)(H,29,34);4-8H,1-3H3;3-4,7H,2,5-6,8H2,1H3. The van der Waals surface area contributed by atoms with E-state index in [4.69, 9.17) is 14.2 Å². The number of methoxy groups -OCH3 is 1. The Morgan fingerprint density at radius 1 is 1.03 bits per heavy atom. The van der Waals surface area contributed by atoms with Crippen LogP contribution < -0.4 is 24.8 Å². The lowest BCUT2D eigenvalue weighted by molar-refractivity contribution is -0.139. The van der Waals surface area contributed by atoms with E-state index in [2.05, 4.69) is 52.7 Å². The largest absolute Gasteiger partial charge is 0.493 e. The molecule has 314 valence electrons. The molecular formula is C46H63N5O7. The summed E-state index contributed by atoms with van der Waals surface area (Å²) >= 11 is 0. The number of aldehydes is 1. The number of aromatic nitrogens is 1. The monoisotopic (exact) mass is 797 g/mol. The maximum atomic E-state index is 13.4. The minimum Gasteiger partial charge on any atom is -0.493 e. The molecule has 3 N–H and O–H groups in total. The Morgan fingerprint density at radius 3 is 2.52 bits per heavy atom.